The first-order chi connectivity index (χ1) is 15.9. The first kappa shape index (κ1) is 20.5. The molecule has 4 aromatic rings. The molecule has 1 aliphatic heterocycles. The van der Waals surface area contributed by atoms with Crippen molar-refractivity contribution >= 4 is 45.3 Å². The molecule has 0 aliphatic carbocycles. The predicted octanol–water partition coefficient (Wildman–Crippen LogP) is 3.63. The van der Waals surface area contributed by atoms with E-state index in [0.717, 1.165) is 16.2 Å². The smallest absolute Gasteiger partial charge is 0.301 e. The predicted molar refractivity (Wildman–Crippen MR) is 120 cm³/mol. The van der Waals surface area contributed by atoms with Crippen molar-refractivity contribution in [3.8, 4) is 0 Å². The fourth-order valence-electron chi connectivity index (χ4n) is 4.01. The summed E-state index contributed by atoms with van der Waals surface area (Å²) in [5.74, 6) is -2.21. The molecule has 5 rings (SSSR count). The van der Waals surface area contributed by atoms with Crippen molar-refractivity contribution < 1.29 is 19.6 Å². The molecule has 3 aromatic heterocycles. The second-order valence-corrected chi connectivity index (χ2v) is 8.18. The summed E-state index contributed by atoms with van der Waals surface area (Å²) >= 11 is 1.14. The number of nitro groups is 1. The normalized spacial score (nSPS) is 17.7. The minimum atomic E-state index is -1.11. The topological polar surface area (TPSA) is 131 Å². The average molecular weight is 461 g/mol. The molecule has 1 aliphatic rings. The highest BCUT2D eigenvalue weighted by Gasteiger charge is 2.48. The minimum Gasteiger partial charge on any atom is -0.505 e. The number of amides is 1. The van der Waals surface area contributed by atoms with Crippen molar-refractivity contribution in [1.82, 2.24) is 14.4 Å². The number of fused-ring (bicyclic) bond motifs is 1. The second-order valence-electron chi connectivity index (χ2n) is 7.31. The third-order valence-electron chi connectivity index (χ3n) is 5.40. The molecule has 11 heteroatoms. The van der Waals surface area contributed by atoms with Gasteiger partial charge in [0.2, 0.25) is 0 Å². The van der Waals surface area contributed by atoms with Crippen LogP contribution in [0.5, 0.6) is 0 Å². The van der Waals surface area contributed by atoms with Gasteiger partial charge in [-0.25, -0.2) is 9.97 Å². The Bertz CT molecular complexity index is 1470. The quantitative estimate of drug-likeness (QED) is 0.161. The molecule has 1 atom stereocenters. The van der Waals surface area contributed by atoms with Crippen LogP contribution in [-0.2, 0) is 9.59 Å². The molecule has 0 saturated carbocycles. The van der Waals surface area contributed by atoms with E-state index in [-0.39, 0.29) is 22.1 Å². The van der Waals surface area contributed by atoms with Crippen molar-refractivity contribution in [2.75, 3.05) is 4.90 Å². The van der Waals surface area contributed by atoms with Crippen LogP contribution in [0, 0.1) is 17.0 Å². The van der Waals surface area contributed by atoms with Gasteiger partial charge in [0.25, 0.3) is 11.5 Å². The van der Waals surface area contributed by atoms with Crippen molar-refractivity contribution in [1.29, 1.82) is 0 Å². The number of anilines is 1. The number of hydrogen-bond donors (Lipinski definition) is 1. The maximum atomic E-state index is 13.2. The lowest BCUT2D eigenvalue weighted by atomic mass is 9.96. The third kappa shape index (κ3) is 3.17. The van der Waals surface area contributed by atoms with Gasteiger partial charge >= 0.3 is 5.91 Å². The zero-order valence-electron chi connectivity index (χ0n) is 17.1. The number of aliphatic hydroxyl groups is 1. The Morgan fingerprint density at radius 1 is 1.21 bits per heavy atom. The summed E-state index contributed by atoms with van der Waals surface area (Å²) in [5.41, 5.74) is 1.17. The fraction of sp³-hybridized carbons (Fsp3) is 0.0909. The van der Waals surface area contributed by atoms with E-state index in [9.17, 15) is 24.8 Å². The largest absolute Gasteiger partial charge is 0.505 e. The first-order valence-electron chi connectivity index (χ1n) is 9.77. The van der Waals surface area contributed by atoms with Crippen LogP contribution < -0.4 is 4.90 Å². The zero-order chi connectivity index (χ0) is 23.3. The lowest BCUT2D eigenvalue weighted by Crippen LogP contribution is -2.29. The Hall–Kier alpha value is -4.38. The van der Waals surface area contributed by atoms with Crippen molar-refractivity contribution in [2.45, 2.75) is 13.0 Å². The Balaban J connectivity index is 1.80. The number of benzene rings is 1. The summed E-state index contributed by atoms with van der Waals surface area (Å²) in [6, 6.07) is 9.81. The summed E-state index contributed by atoms with van der Waals surface area (Å²) < 4.78 is 1.62. The number of aliphatic hydroxyl groups excluding tert-OH is 1. The number of non-ortho nitro benzene ring substituents is 1. The van der Waals surface area contributed by atoms with Crippen LogP contribution >= 0.6 is 11.3 Å². The summed E-state index contributed by atoms with van der Waals surface area (Å²) in [6.45, 7) is 1.68. The molecule has 1 unspecified atom stereocenters. The number of aryl methyl sites for hydroxylation is 1. The van der Waals surface area contributed by atoms with Gasteiger partial charge in [-0.15, -0.1) is 11.3 Å². The molecule has 0 bridgehead atoms. The second kappa shape index (κ2) is 7.64. The molecular weight excluding hydrogens is 446 g/mol. The number of carbonyl (C=O) groups excluding carboxylic acids is 2. The van der Waals surface area contributed by atoms with Crippen LogP contribution in [-0.4, -0.2) is 36.1 Å². The SMILES string of the molecule is Cc1nc2ccccn2c1C(O)=C1C(=O)C(=O)N(c2nccs2)C1c1cccc([N+](=O)[O-])c1. The number of rotatable bonds is 4. The molecule has 10 nitrogen and oxygen atoms in total. The standard InChI is InChI=1S/C22H15N5O5S/c1-12-17(25-9-3-2-7-15(25)24-12)19(28)16-18(13-5-4-6-14(11-13)27(31)32)26(21(30)20(16)29)22-23-8-10-33-22/h2-11,18,28H,1H3. The molecule has 1 amide bonds. The van der Waals surface area contributed by atoms with E-state index >= 15 is 0 Å². The van der Waals surface area contributed by atoms with Crippen LogP contribution in [0.4, 0.5) is 10.8 Å². The molecule has 33 heavy (non-hydrogen) atoms. The maximum absolute atomic E-state index is 13.2. The number of aromatic nitrogens is 3. The summed E-state index contributed by atoms with van der Waals surface area (Å²) in [6.07, 6.45) is 3.17. The molecule has 4 heterocycles. The molecule has 0 radical (unpaired) electrons. The highest BCUT2D eigenvalue weighted by atomic mass is 32.1. The number of nitrogens with zero attached hydrogens (tertiary/aromatic N) is 5. The molecule has 164 valence electrons. The van der Waals surface area contributed by atoms with Gasteiger partial charge in [0.15, 0.2) is 10.9 Å². The fourth-order valence-corrected chi connectivity index (χ4v) is 4.68. The van der Waals surface area contributed by atoms with Crippen LogP contribution in [0.2, 0.25) is 0 Å². The zero-order valence-corrected chi connectivity index (χ0v) is 17.9. The Morgan fingerprint density at radius 3 is 2.76 bits per heavy atom. The number of carbonyl (C=O) groups is 2. The van der Waals surface area contributed by atoms with Crippen molar-refractivity contribution in [3.63, 3.8) is 0 Å². The van der Waals surface area contributed by atoms with Crippen LogP contribution in [0.3, 0.4) is 0 Å². The van der Waals surface area contributed by atoms with E-state index in [1.807, 2.05) is 0 Å². The number of Topliss-reactive ketones (excluding diaryl/α,β-unsaturated/α-hetero) is 1. The van der Waals surface area contributed by atoms with Gasteiger partial charge in [0.05, 0.1) is 22.2 Å². The summed E-state index contributed by atoms with van der Waals surface area (Å²) in [5, 5.41) is 24.6. The molecule has 0 spiro atoms. The highest BCUT2D eigenvalue weighted by Crippen LogP contribution is 2.43. The lowest BCUT2D eigenvalue weighted by molar-refractivity contribution is -0.384. The summed E-state index contributed by atoms with van der Waals surface area (Å²) in [4.78, 5) is 46.8. The Labute approximate surface area is 190 Å². The number of nitro benzene ring substituents is 1. The van der Waals surface area contributed by atoms with Crippen molar-refractivity contribution in [2.24, 2.45) is 0 Å². The molecular formula is C22H15N5O5S. The van der Waals surface area contributed by atoms with Crippen LogP contribution in [0.25, 0.3) is 11.4 Å². The van der Waals surface area contributed by atoms with E-state index in [1.54, 1.807) is 47.2 Å². The molecule has 1 aromatic carbocycles. The number of ketones is 1. The Kier molecular flexibility index (Phi) is 4.75. The maximum Gasteiger partial charge on any atom is 0.301 e. The number of thiazole rings is 1. The van der Waals surface area contributed by atoms with Gasteiger partial charge in [0.1, 0.15) is 11.3 Å². The minimum absolute atomic E-state index is 0.190. The van der Waals surface area contributed by atoms with Gasteiger partial charge in [0, 0.05) is 29.9 Å². The third-order valence-corrected chi connectivity index (χ3v) is 6.17. The number of pyridine rings is 1. The van der Waals surface area contributed by atoms with Crippen LogP contribution in [0.1, 0.15) is 23.0 Å². The lowest BCUT2D eigenvalue weighted by Gasteiger charge is -2.22. The number of hydrogen-bond acceptors (Lipinski definition) is 8. The van der Waals surface area contributed by atoms with Gasteiger partial charge in [-0.2, -0.15) is 0 Å². The van der Waals surface area contributed by atoms with Gasteiger partial charge in [-0.1, -0.05) is 18.2 Å². The van der Waals surface area contributed by atoms with Gasteiger partial charge in [-0.3, -0.25) is 29.0 Å². The van der Waals surface area contributed by atoms with E-state index < -0.39 is 28.4 Å². The van der Waals surface area contributed by atoms with Crippen molar-refractivity contribution in [3.05, 3.63) is 92.9 Å². The van der Waals surface area contributed by atoms with Gasteiger partial charge in [-0.05, 0) is 24.6 Å². The summed E-state index contributed by atoms with van der Waals surface area (Å²) in [7, 11) is 0. The van der Waals surface area contributed by atoms with E-state index in [2.05, 4.69) is 9.97 Å². The molecule has 1 fully saturated rings. The molecule has 1 saturated heterocycles. The van der Waals surface area contributed by atoms with E-state index in [0.29, 0.717) is 16.9 Å². The number of imidazole rings is 1. The van der Waals surface area contributed by atoms with Crippen LogP contribution in [0.15, 0.2) is 65.8 Å². The molecule has 1 N–H and O–H groups in total. The van der Waals surface area contributed by atoms with E-state index in [1.165, 1.54) is 24.4 Å². The van der Waals surface area contributed by atoms with Gasteiger partial charge < -0.3 is 5.11 Å². The monoisotopic (exact) mass is 461 g/mol. The first-order valence-corrected chi connectivity index (χ1v) is 10.7. The Morgan fingerprint density at radius 2 is 2.03 bits per heavy atom. The highest BCUT2D eigenvalue weighted by molar-refractivity contribution is 7.14. The average Bonchev–Trinajstić information content (AvgIpc) is 3.50. The van der Waals surface area contributed by atoms with E-state index in [4.69, 9.17) is 0 Å².